The molecule has 5 heteroatoms. The molecule has 0 spiro atoms. The summed E-state index contributed by atoms with van der Waals surface area (Å²) in [6, 6.07) is 6.36. The van der Waals surface area contributed by atoms with E-state index < -0.39 is 10.0 Å². The Hall–Kier alpha value is -1.07. The van der Waals surface area contributed by atoms with Crippen molar-refractivity contribution in [1.82, 2.24) is 4.31 Å². The van der Waals surface area contributed by atoms with Gasteiger partial charge in [-0.05, 0) is 30.5 Å². The lowest BCUT2D eigenvalue weighted by Gasteiger charge is -2.25. The van der Waals surface area contributed by atoms with Gasteiger partial charge in [0.05, 0.1) is 5.75 Å². The van der Waals surface area contributed by atoms with Crippen LogP contribution in [0.15, 0.2) is 24.3 Å². The van der Waals surface area contributed by atoms with E-state index in [9.17, 15) is 13.5 Å². The molecule has 102 valence electrons. The second-order valence-corrected chi connectivity index (χ2v) is 7.03. The number of sulfonamides is 1. The standard InChI is InChI=1S/C13H21NO3S/c1-10(2)9-18(16,17)14(4)11(3)12-5-7-13(15)8-6-12/h5-8,10-11,15H,9H2,1-4H3. The first-order valence-corrected chi connectivity index (χ1v) is 7.59. The lowest BCUT2D eigenvalue weighted by Crippen LogP contribution is -2.33. The Morgan fingerprint density at radius 1 is 1.17 bits per heavy atom. The van der Waals surface area contributed by atoms with Gasteiger partial charge in [-0.3, -0.25) is 0 Å². The summed E-state index contributed by atoms with van der Waals surface area (Å²) in [5, 5.41) is 9.22. The van der Waals surface area contributed by atoms with E-state index in [1.54, 1.807) is 31.3 Å². The maximum Gasteiger partial charge on any atom is 0.214 e. The zero-order valence-corrected chi connectivity index (χ0v) is 12.1. The minimum Gasteiger partial charge on any atom is -0.508 e. The molecule has 1 N–H and O–H groups in total. The van der Waals surface area contributed by atoms with Crippen molar-refractivity contribution in [1.29, 1.82) is 0 Å². The predicted molar refractivity (Wildman–Crippen MR) is 72.9 cm³/mol. The fourth-order valence-electron chi connectivity index (χ4n) is 1.74. The van der Waals surface area contributed by atoms with Crippen molar-refractivity contribution in [3.05, 3.63) is 29.8 Å². The molecular weight excluding hydrogens is 250 g/mol. The van der Waals surface area contributed by atoms with Crippen molar-refractivity contribution >= 4 is 10.0 Å². The first-order valence-electron chi connectivity index (χ1n) is 5.98. The van der Waals surface area contributed by atoms with Crippen LogP contribution in [-0.2, 0) is 10.0 Å². The number of aromatic hydroxyl groups is 1. The van der Waals surface area contributed by atoms with E-state index in [1.165, 1.54) is 4.31 Å². The van der Waals surface area contributed by atoms with Crippen molar-refractivity contribution in [3.8, 4) is 5.75 Å². The smallest absolute Gasteiger partial charge is 0.214 e. The molecule has 0 aliphatic heterocycles. The van der Waals surface area contributed by atoms with Crippen molar-refractivity contribution in [3.63, 3.8) is 0 Å². The zero-order chi connectivity index (χ0) is 13.9. The Kier molecular flexibility index (Phi) is 4.76. The van der Waals surface area contributed by atoms with Crippen LogP contribution in [0.2, 0.25) is 0 Å². The number of phenols is 1. The second-order valence-electron chi connectivity index (χ2n) is 4.96. The molecule has 0 bridgehead atoms. The third-order valence-corrected chi connectivity index (χ3v) is 5.19. The van der Waals surface area contributed by atoms with Crippen molar-refractivity contribution in [2.75, 3.05) is 12.8 Å². The van der Waals surface area contributed by atoms with Crippen LogP contribution in [0.25, 0.3) is 0 Å². The van der Waals surface area contributed by atoms with Crippen LogP contribution < -0.4 is 0 Å². The molecule has 1 rings (SSSR count). The summed E-state index contributed by atoms with van der Waals surface area (Å²) in [6.45, 7) is 5.61. The highest BCUT2D eigenvalue weighted by Crippen LogP contribution is 2.24. The molecule has 1 atom stereocenters. The summed E-state index contributed by atoms with van der Waals surface area (Å²) in [6.07, 6.45) is 0. The second kappa shape index (κ2) is 5.71. The number of rotatable bonds is 5. The number of nitrogens with zero attached hydrogens (tertiary/aromatic N) is 1. The van der Waals surface area contributed by atoms with E-state index in [2.05, 4.69) is 0 Å². The van der Waals surface area contributed by atoms with E-state index in [4.69, 9.17) is 0 Å². The summed E-state index contributed by atoms with van der Waals surface area (Å²) in [5.41, 5.74) is 0.864. The summed E-state index contributed by atoms with van der Waals surface area (Å²) in [7, 11) is -1.65. The molecule has 4 nitrogen and oxygen atoms in total. The average molecular weight is 271 g/mol. The SMILES string of the molecule is CC(C)CS(=O)(=O)N(C)C(C)c1ccc(O)cc1. The average Bonchev–Trinajstić information content (AvgIpc) is 2.26. The Morgan fingerprint density at radius 2 is 1.67 bits per heavy atom. The predicted octanol–water partition coefficient (Wildman–Crippen LogP) is 2.37. The molecule has 0 fully saturated rings. The van der Waals surface area contributed by atoms with Gasteiger partial charge in [-0.15, -0.1) is 0 Å². The van der Waals surface area contributed by atoms with Gasteiger partial charge in [0.15, 0.2) is 0 Å². The van der Waals surface area contributed by atoms with Gasteiger partial charge in [0.25, 0.3) is 0 Å². The van der Waals surface area contributed by atoms with Gasteiger partial charge >= 0.3 is 0 Å². The zero-order valence-electron chi connectivity index (χ0n) is 11.3. The van der Waals surface area contributed by atoms with Crippen LogP contribution >= 0.6 is 0 Å². The Labute approximate surface area is 109 Å². The largest absolute Gasteiger partial charge is 0.508 e. The van der Waals surface area contributed by atoms with E-state index in [-0.39, 0.29) is 23.5 Å². The fourth-order valence-corrected chi connectivity index (χ4v) is 3.42. The highest BCUT2D eigenvalue weighted by molar-refractivity contribution is 7.89. The normalized spacial score (nSPS) is 14.1. The van der Waals surface area contributed by atoms with Gasteiger partial charge in [0.1, 0.15) is 5.75 Å². The number of benzene rings is 1. The Bertz CT molecular complexity index is 479. The van der Waals surface area contributed by atoms with Gasteiger partial charge < -0.3 is 5.11 Å². The Balaban J connectivity index is 2.90. The van der Waals surface area contributed by atoms with E-state index in [0.29, 0.717) is 0 Å². The molecular formula is C13H21NO3S. The van der Waals surface area contributed by atoms with E-state index >= 15 is 0 Å². The maximum atomic E-state index is 12.1. The molecule has 1 aromatic rings. The maximum absolute atomic E-state index is 12.1. The van der Waals surface area contributed by atoms with E-state index in [0.717, 1.165) is 5.56 Å². The van der Waals surface area contributed by atoms with Crippen LogP contribution in [0, 0.1) is 5.92 Å². The third-order valence-electron chi connectivity index (χ3n) is 2.90. The summed E-state index contributed by atoms with van der Waals surface area (Å²) in [4.78, 5) is 0. The summed E-state index contributed by atoms with van der Waals surface area (Å²) in [5.74, 6) is 0.425. The molecule has 0 aliphatic carbocycles. The van der Waals surface area contributed by atoms with Gasteiger partial charge in [-0.25, -0.2) is 8.42 Å². The highest BCUT2D eigenvalue weighted by Gasteiger charge is 2.25. The molecule has 1 unspecified atom stereocenters. The first kappa shape index (κ1) is 15.0. The van der Waals surface area contributed by atoms with E-state index in [1.807, 2.05) is 20.8 Å². The molecule has 0 saturated carbocycles. The van der Waals surface area contributed by atoms with Crippen LogP contribution in [0.5, 0.6) is 5.75 Å². The minimum absolute atomic E-state index is 0.101. The fraction of sp³-hybridized carbons (Fsp3) is 0.538. The summed E-state index contributed by atoms with van der Waals surface area (Å²) < 4.78 is 25.6. The topological polar surface area (TPSA) is 57.6 Å². The molecule has 18 heavy (non-hydrogen) atoms. The van der Waals surface area contributed by atoms with Crippen molar-refractivity contribution < 1.29 is 13.5 Å². The Morgan fingerprint density at radius 3 is 2.11 bits per heavy atom. The lowest BCUT2D eigenvalue weighted by molar-refractivity contribution is 0.394. The van der Waals surface area contributed by atoms with Crippen LogP contribution in [0.1, 0.15) is 32.4 Å². The first-order chi connectivity index (χ1) is 8.24. The van der Waals surface area contributed by atoms with Gasteiger partial charge in [0.2, 0.25) is 10.0 Å². The number of hydrogen-bond donors (Lipinski definition) is 1. The molecule has 0 aromatic heterocycles. The highest BCUT2D eigenvalue weighted by atomic mass is 32.2. The monoisotopic (exact) mass is 271 g/mol. The molecule has 0 aliphatic rings. The molecule has 0 radical (unpaired) electrons. The summed E-state index contributed by atoms with van der Waals surface area (Å²) >= 11 is 0. The quantitative estimate of drug-likeness (QED) is 0.894. The van der Waals surface area contributed by atoms with Gasteiger partial charge in [-0.2, -0.15) is 4.31 Å². The number of hydrogen-bond acceptors (Lipinski definition) is 3. The van der Waals surface area contributed by atoms with Crippen LogP contribution in [0.3, 0.4) is 0 Å². The van der Waals surface area contributed by atoms with Gasteiger partial charge in [-0.1, -0.05) is 26.0 Å². The van der Waals surface area contributed by atoms with Crippen LogP contribution in [0.4, 0.5) is 0 Å². The lowest BCUT2D eigenvalue weighted by atomic mass is 10.1. The minimum atomic E-state index is -3.25. The van der Waals surface area contributed by atoms with Crippen molar-refractivity contribution in [2.24, 2.45) is 5.92 Å². The molecule has 1 aromatic carbocycles. The third kappa shape index (κ3) is 3.71. The molecule has 0 heterocycles. The molecule has 0 amide bonds. The number of phenolic OH excluding ortho intramolecular Hbond substituents is 1. The van der Waals surface area contributed by atoms with Crippen molar-refractivity contribution in [2.45, 2.75) is 26.8 Å². The van der Waals surface area contributed by atoms with Crippen LogP contribution in [-0.4, -0.2) is 30.6 Å². The van der Waals surface area contributed by atoms with Gasteiger partial charge in [0, 0.05) is 13.1 Å². The molecule has 0 saturated heterocycles.